The van der Waals surface area contributed by atoms with Crippen LogP contribution in [0.4, 0.5) is 4.79 Å². The highest BCUT2D eigenvalue weighted by molar-refractivity contribution is 7.88. The first-order chi connectivity index (χ1) is 9.32. The van der Waals surface area contributed by atoms with Crippen LogP contribution in [0.5, 0.6) is 0 Å². The van der Waals surface area contributed by atoms with Crippen LogP contribution in [0.1, 0.15) is 34.1 Å². The Hall–Kier alpha value is -1.35. The van der Waals surface area contributed by atoms with E-state index in [9.17, 15) is 18.0 Å². The Bertz CT molecular complexity index is 473. The molecule has 0 radical (unpaired) electrons. The Morgan fingerprint density at radius 1 is 1.24 bits per heavy atom. The van der Waals surface area contributed by atoms with Gasteiger partial charge in [-0.15, -0.1) is 0 Å². The Balaban J connectivity index is 4.46. The lowest BCUT2D eigenvalue weighted by Gasteiger charge is -2.26. The van der Waals surface area contributed by atoms with Gasteiger partial charge >= 0.3 is 12.0 Å². The molecule has 1 atom stereocenters. The van der Waals surface area contributed by atoms with Crippen molar-refractivity contribution in [3.8, 4) is 0 Å². The molecule has 0 heterocycles. The molecule has 0 fully saturated rings. The van der Waals surface area contributed by atoms with E-state index in [0.717, 1.165) is 6.26 Å². The van der Waals surface area contributed by atoms with Crippen molar-refractivity contribution in [1.29, 1.82) is 0 Å². The average molecular weight is 323 g/mol. The zero-order valence-corrected chi connectivity index (χ0v) is 13.9. The zero-order chi connectivity index (χ0) is 16.8. The smallest absolute Gasteiger partial charge is 0.326 e. The lowest BCUT2D eigenvalue weighted by Crippen LogP contribution is -2.54. The molecule has 0 aromatic rings. The van der Waals surface area contributed by atoms with Gasteiger partial charge in [-0.2, -0.15) is 0 Å². The largest absolute Gasteiger partial charge is 0.480 e. The lowest BCUT2D eigenvalue weighted by atomic mass is 10.0. The van der Waals surface area contributed by atoms with Crippen molar-refractivity contribution in [3.63, 3.8) is 0 Å². The molecule has 21 heavy (non-hydrogen) atoms. The fourth-order valence-corrected chi connectivity index (χ4v) is 2.82. The van der Waals surface area contributed by atoms with Crippen LogP contribution in [0, 0.1) is 5.92 Å². The molecule has 4 N–H and O–H groups in total. The summed E-state index contributed by atoms with van der Waals surface area (Å²) in [5.74, 6) is -0.984. The Morgan fingerprint density at radius 2 is 1.76 bits per heavy atom. The molecular weight excluding hydrogens is 298 g/mol. The van der Waals surface area contributed by atoms with Crippen molar-refractivity contribution in [2.24, 2.45) is 5.92 Å². The predicted octanol–water partition coefficient (Wildman–Crippen LogP) is 0.113. The number of sulfonamides is 1. The van der Waals surface area contributed by atoms with Gasteiger partial charge < -0.3 is 15.7 Å². The van der Waals surface area contributed by atoms with E-state index in [1.165, 1.54) is 0 Å². The van der Waals surface area contributed by atoms with Gasteiger partial charge in [0, 0.05) is 12.1 Å². The minimum Gasteiger partial charge on any atom is -0.480 e. The zero-order valence-electron chi connectivity index (χ0n) is 13.1. The number of aliphatic carboxylic acids is 1. The van der Waals surface area contributed by atoms with Gasteiger partial charge in [0.1, 0.15) is 6.04 Å². The van der Waals surface area contributed by atoms with Crippen LogP contribution in [0.15, 0.2) is 0 Å². The summed E-state index contributed by atoms with van der Waals surface area (Å²) in [4.78, 5) is 22.7. The number of amides is 2. The minimum atomic E-state index is -3.40. The van der Waals surface area contributed by atoms with Crippen LogP contribution in [0.3, 0.4) is 0 Å². The van der Waals surface area contributed by atoms with Crippen LogP contribution in [-0.2, 0) is 14.8 Å². The molecule has 0 saturated heterocycles. The highest BCUT2D eigenvalue weighted by Gasteiger charge is 2.25. The predicted molar refractivity (Wildman–Crippen MR) is 79.5 cm³/mol. The SMILES string of the molecule is CC(C)C[C@H](NC(=O)NCC(C)(C)NS(C)(=O)=O)C(=O)O. The summed E-state index contributed by atoms with van der Waals surface area (Å²) in [6.45, 7) is 6.96. The van der Waals surface area contributed by atoms with Crippen LogP contribution in [0.25, 0.3) is 0 Å². The summed E-state index contributed by atoms with van der Waals surface area (Å²) in [6, 6.07) is -1.62. The van der Waals surface area contributed by atoms with Crippen molar-refractivity contribution < 1.29 is 23.1 Å². The fraction of sp³-hybridized carbons (Fsp3) is 0.833. The molecule has 2 amide bonds. The summed E-state index contributed by atoms with van der Waals surface area (Å²) in [5.41, 5.74) is -0.873. The lowest BCUT2D eigenvalue weighted by molar-refractivity contribution is -0.139. The summed E-state index contributed by atoms with van der Waals surface area (Å²) in [5, 5.41) is 13.8. The average Bonchev–Trinajstić information content (AvgIpc) is 2.21. The molecule has 124 valence electrons. The number of carboxylic acid groups (broad SMARTS) is 1. The van der Waals surface area contributed by atoms with E-state index in [2.05, 4.69) is 15.4 Å². The fourth-order valence-electron chi connectivity index (χ4n) is 1.74. The quantitative estimate of drug-likeness (QED) is 0.505. The van der Waals surface area contributed by atoms with Crippen LogP contribution in [-0.4, -0.2) is 49.9 Å². The number of carbonyl (C=O) groups excluding carboxylic acids is 1. The summed E-state index contributed by atoms with van der Waals surface area (Å²) in [7, 11) is -3.40. The molecular formula is C12H25N3O5S. The Labute approximate surface area is 125 Å². The van der Waals surface area contributed by atoms with Crippen molar-refractivity contribution in [2.45, 2.75) is 45.7 Å². The van der Waals surface area contributed by atoms with E-state index in [0.29, 0.717) is 6.42 Å². The van der Waals surface area contributed by atoms with E-state index < -0.39 is 33.6 Å². The third-order valence-corrected chi connectivity index (χ3v) is 3.39. The molecule has 0 spiro atoms. The topological polar surface area (TPSA) is 125 Å². The number of nitrogens with one attached hydrogen (secondary N) is 3. The Morgan fingerprint density at radius 3 is 2.14 bits per heavy atom. The number of carboxylic acids is 1. The number of hydrogen-bond acceptors (Lipinski definition) is 4. The van der Waals surface area contributed by atoms with Crippen molar-refractivity contribution in [3.05, 3.63) is 0 Å². The third-order valence-electron chi connectivity index (χ3n) is 2.46. The third kappa shape index (κ3) is 10.1. The molecule has 0 bridgehead atoms. The van der Waals surface area contributed by atoms with Crippen LogP contribution >= 0.6 is 0 Å². The van der Waals surface area contributed by atoms with Crippen LogP contribution < -0.4 is 15.4 Å². The summed E-state index contributed by atoms with van der Waals surface area (Å²) in [6.07, 6.45) is 1.34. The van der Waals surface area contributed by atoms with E-state index >= 15 is 0 Å². The molecule has 0 unspecified atom stereocenters. The number of hydrogen-bond donors (Lipinski definition) is 4. The second-order valence-corrected chi connectivity index (χ2v) is 7.85. The first-order valence-electron chi connectivity index (χ1n) is 6.58. The van der Waals surface area contributed by atoms with E-state index in [1.807, 2.05) is 13.8 Å². The van der Waals surface area contributed by atoms with Crippen LogP contribution in [0.2, 0.25) is 0 Å². The first-order valence-corrected chi connectivity index (χ1v) is 8.47. The minimum absolute atomic E-state index is 0.0277. The summed E-state index contributed by atoms with van der Waals surface area (Å²) < 4.78 is 24.7. The molecule has 8 nitrogen and oxygen atoms in total. The van der Waals surface area contributed by atoms with E-state index in [-0.39, 0.29) is 12.5 Å². The van der Waals surface area contributed by atoms with Gasteiger partial charge in [-0.3, -0.25) is 0 Å². The van der Waals surface area contributed by atoms with Gasteiger partial charge in [0.25, 0.3) is 0 Å². The van der Waals surface area contributed by atoms with Gasteiger partial charge in [-0.1, -0.05) is 13.8 Å². The molecule has 0 aliphatic rings. The second kappa shape index (κ2) is 7.60. The van der Waals surface area contributed by atoms with Gasteiger partial charge in [0.05, 0.1) is 6.26 Å². The van der Waals surface area contributed by atoms with E-state index in [1.54, 1.807) is 13.8 Å². The maximum Gasteiger partial charge on any atom is 0.326 e. The second-order valence-electron chi connectivity index (χ2n) is 6.11. The highest BCUT2D eigenvalue weighted by atomic mass is 32.2. The van der Waals surface area contributed by atoms with Gasteiger partial charge in [-0.05, 0) is 26.2 Å². The maximum atomic E-state index is 11.7. The van der Waals surface area contributed by atoms with Crippen molar-refractivity contribution >= 4 is 22.0 Å². The van der Waals surface area contributed by atoms with Gasteiger partial charge in [-0.25, -0.2) is 22.7 Å². The molecule has 0 aromatic heterocycles. The number of urea groups is 1. The molecule has 9 heteroatoms. The van der Waals surface area contributed by atoms with Gasteiger partial charge in [0.15, 0.2) is 0 Å². The molecule has 0 rings (SSSR count). The molecule has 0 aliphatic carbocycles. The Kier molecular flexibility index (Phi) is 7.11. The van der Waals surface area contributed by atoms with Gasteiger partial charge in [0.2, 0.25) is 10.0 Å². The van der Waals surface area contributed by atoms with Crippen molar-refractivity contribution in [2.75, 3.05) is 12.8 Å². The molecule has 0 aliphatic heterocycles. The highest BCUT2D eigenvalue weighted by Crippen LogP contribution is 2.05. The van der Waals surface area contributed by atoms with E-state index in [4.69, 9.17) is 5.11 Å². The number of rotatable bonds is 8. The van der Waals surface area contributed by atoms with Crippen molar-refractivity contribution in [1.82, 2.24) is 15.4 Å². The number of carbonyl (C=O) groups is 2. The summed E-state index contributed by atoms with van der Waals surface area (Å²) >= 11 is 0. The molecule has 0 saturated carbocycles. The standard InChI is InChI=1S/C12H25N3O5S/c1-8(2)6-9(10(16)17)14-11(18)13-7-12(3,4)15-21(5,19)20/h8-9,15H,6-7H2,1-5H3,(H,16,17)(H2,13,14,18)/t9-/m0/s1. The normalized spacial score (nSPS) is 13.8. The first kappa shape index (κ1) is 19.7. The maximum absolute atomic E-state index is 11.7. The monoisotopic (exact) mass is 323 g/mol. The molecule has 0 aromatic carbocycles.